The lowest BCUT2D eigenvalue weighted by Gasteiger charge is -2.32. The molecule has 0 amide bonds. The highest BCUT2D eigenvalue weighted by molar-refractivity contribution is 7.85. The number of hydrogen-bond acceptors (Lipinski definition) is 3. The number of nitrogens with zero attached hydrogens (tertiary/aromatic N) is 1. The molecule has 96 valence electrons. The molecule has 4 heteroatoms. The van der Waals surface area contributed by atoms with Crippen LogP contribution in [0.1, 0.15) is 33.6 Å². The van der Waals surface area contributed by atoms with Crippen molar-refractivity contribution in [3.05, 3.63) is 0 Å². The summed E-state index contributed by atoms with van der Waals surface area (Å²) in [5, 5.41) is 3.57. The van der Waals surface area contributed by atoms with E-state index in [4.69, 9.17) is 0 Å². The van der Waals surface area contributed by atoms with Crippen LogP contribution in [-0.2, 0) is 10.8 Å². The Kier molecular flexibility index (Phi) is 6.54. The molecule has 2 unspecified atom stereocenters. The molecule has 0 aromatic rings. The van der Waals surface area contributed by atoms with E-state index in [-0.39, 0.29) is 0 Å². The van der Waals surface area contributed by atoms with E-state index in [1.807, 2.05) is 0 Å². The molecule has 1 fully saturated rings. The van der Waals surface area contributed by atoms with Gasteiger partial charge in [-0.25, -0.2) is 0 Å². The second-order valence-electron chi connectivity index (χ2n) is 4.83. The minimum Gasteiger partial charge on any atom is -0.313 e. The lowest BCUT2D eigenvalue weighted by Crippen LogP contribution is -2.48. The van der Waals surface area contributed by atoms with E-state index >= 15 is 0 Å². The van der Waals surface area contributed by atoms with Crippen LogP contribution < -0.4 is 5.32 Å². The normalized spacial score (nSPS) is 23.2. The van der Waals surface area contributed by atoms with E-state index in [1.54, 1.807) is 0 Å². The minimum atomic E-state index is -0.555. The van der Waals surface area contributed by atoms with Gasteiger partial charge in [0.15, 0.2) is 0 Å². The summed E-state index contributed by atoms with van der Waals surface area (Å²) in [5.74, 6) is 1.71. The molecule has 3 nitrogen and oxygen atoms in total. The van der Waals surface area contributed by atoms with E-state index in [2.05, 4.69) is 31.0 Å². The van der Waals surface area contributed by atoms with E-state index in [9.17, 15) is 4.21 Å². The minimum absolute atomic E-state index is 0.555. The topological polar surface area (TPSA) is 32.3 Å². The van der Waals surface area contributed by atoms with Crippen molar-refractivity contribution in [2.75, 3.05) is 31.1 Å². The lowest BCUT2D eigenvalue weighted by molar-refractivity contribution is 0.218. The molecule has 1 rings (SSSR count). The average Bonchev–Trinajstić information content (AvgIpc) is 2.27. The maximum Gasteiger partial charge on any atom is 0.0363 e. The van der Waals surface area contributed by atoms with Crippen molar-refractivity contribution in [1.29, 1.82) is 0 Å². The second-order valence-corrected chi connectivity index (χ2v) is 6.53. The van der Waals surface area contributed by atoms with Crippen LogP contribution in [-0.4, -0.2) is 52.3 Å². The summed E-state index contributed by atoms with van der Waals surface area (Å²) >= 11 is 0. The third kappa shape index (κ3) is 4.93. The van der Waals surface area contributed by atoms with Crippen LogP contribution in [0.4, 0.5) is 0 Å². The van der Waals surface area contributed by atoms with Crippen LogP contribution in [0, 0.1) is 0 Å². The van der Waals surface area contributed by atoms with Gasteiger partial charge in [-0.2, -0.15) is 0 Å². The van der Waals surface area contributed by atoms with Gasteiger partial charge >= 0.3 is 0 Å². The summed E-state index contributed by atoms with van der Waals surface area (Å²) in [6.07, 6.45) is 2.49. The highest BCUT2D eigenvalue weighted by Gasteiger charge is 2.19. The summed E-state index contributed by atoms with van der Waals surface area (Å²) in [6.45, 7) is 9.78. The Hall–Kier alpha value is 0.0700. The highest BCUT2D eigenvalue weighted by Crippen LogP contribution is 2.05. The molecule has 0 bridgehead atoms. The summed E-state index contributed by atoms with van der Waals surface area (Å²) < 4.78 is 11.3. The highest BCUT2D eigenvalue weighted by atomic mass is 32.2. The molecule has 1 N–H and O–H groups in total. The Morgan fingerprint density at radius 1 is 1.31 bits per heavy atom. The average molecular weight is 246 g/mol. The SMILES string of the molecule is CCCC(C)NCC(C)N1CCS(=O)CC1. The number of rotatable bonds is 6. The molecule has 0 spiro atoms. The van der Waals surface area contributed by atoms with Gasteiger partial charge in [-0.1, -0.05) is 13.3 Å². The maximum atomic E-state index is 11.3. The van der Waals surface area contributed by atoms with Gasteiger partial charge in [-0.05, 0) is 20.3 Å². The zero-order valence-corrected chi connectivity index (χ0v) is 11.7. The summed E-state index contributed by atoms with van der Waals surface area (Å²) in [7, 11) is -0.555. The zero-order valence-electron chi connectivity index (χ0n) is 10.9. The molecule has 1 aliphatic rings. The molecule has 0 aromatic heterocycles. The molecule has 16 heavy (non-hydrogen) atoms. The number of hydrogen-bond donors (Lipinski definition) is 1. The molecular weight excluding hydrogens is 220 g/mol. The zero-order chi connectivity index (χ0) is 12.0. The first-order chi connectivity index (χ1) is 7.63. The van der Waals surface area contributed by atoms with E-state index in [1.165, 1.54) is 12.8 Å². The van der Waals surface area contributed by atoms with Crippen LogP contribution in [0.3, 0.4) is 0 Å². The van der Waals surface area contributed by atoms with Crippen LogP contribution in [0.5, 0.6) is 0 Å². The lowest BCUT2D eigenvalue weighted by atomic mass is 10.2. The van der Waals surface area contributed by atoms with Crippen molar-refractivity contribution in [3.63, 3.8) is 0 Å². The standard InChI is InChI=1S/C12H26N2OS/c1-4-5-11(2)13-10-12(3)14-6-8-16(15)9-7-14/h11-13H,4-10H2,1-3H3. The smallest absolute Gasteiger partial charge is 0.0363 e. The predicted molar refractivity (Wildman–Crippen MR) is 71.3 cm³/mol. The Morgan fingerprint density at radius 2 is 1.94 bits per heavy atom. The van der Waals surface area contributed by atoms with Gasteiger partial charge in [0.25, 0.3) is 0 Å². The van der Waals surface area contributed by atoms with Crippen molar-refractivity contribution >= 4 is 10.8 Å². The molecule has 0 saturated carbocycles. The third-order valence-corrected chi connectivity index (χ3v) is 4.59. The molecule has 0 radical (unpaired) electrons. The van der Waals surface area contributed by atoms with Crippen molar-refractivity contribution < 1.29 is 4.21 Å². The Bertz CT molecular complexity index is 213. The third-order valence-electron chi connectivity index (χ3n) is 3.32. The van der Waals surface area contributed by atoms with Crippen LogP contribution >= 0.6 is 0 Å². The summed E-state index contributed by atoms with van der Waals surface area (Å²) in [6, 6.07) is 1.18. The van der Waals surface area contributed by atoms with Crippen molar-refractivity contribution in [3.8, 4) is 0 Å². The fourth-order valence-electron chi connectivity index (χ4n) is 2.13. The fourth-order valence-corrected chi connectivity index (χ4v) is 3.21. The Morgan fingerprint density at radius 3 is 2.50 bits per heavy atom. The van der Waals surface area contributed by atoms with Gasteiger partial charge in [0, 0.05) is 54.0 Å². The summed E-state index contributed by atoms with van der Waals surface area (Å²) in [4.78, 5) is 2.45. The summed E-state index contributed by atoms with van der Waals surface area (Å²) in [5.41, 5.74) is 0. The first-order valence-electron chi connectivity index (χ1n) is 6.46. The second kappa shape index (κ2) is 7.41. The quantitative estimate of drug-likeness (QED) is 0.765. The monoisotopic (exact) mass is 246 g/mol. The Labute approximate surface area is 102 Å². The number of nitrogens with one attached hydrogen (secondary N) is 1. The van der Waals surface area contributed by atoms with Crippen molar-refractivity contribution in [2.24, 2.45) is 0 Å². The van der Waals surface area contributed by atoms with Gasteiger partial charge in [-0.15, -0.1) is 0 Å². The molecule has 0 aromatic carbocycles. The molecule has 1 aliphatic heterocycles. The van der Waals surface area contributed by atoms with Crippen LogP contribution in [0.2, 0.25) is 0 Å². The van der Waals surface area contributed by atoms with E-state index < -0.39 is 10.8 Å². The molecule has 1 saturated heterocycles. The first-order valence-corrected chi connectivity index (χ1v) is 7.94. The largest absolute Gasteiger partial charge is 0.313 e. The fraction of sp³-hybridized carbons (Fsp3) is 1.00. The Balaban J connectivity index is 2.19. The van der Waals surface area contributed by atoms with Gasteiger partial charge in [0.2, 0.25) is 0 Å². The van der Waals surface area contributed by atoms with Gasteiger partial charge in [-0.3, -0.25) is 9.11 Å². The van der Waals surface area contributed by atoms with E-state index in [0.29, 0.717) is 12.1 Å². The molecular formula is C12H26N2OS. The van der Waals surface area contributed by atoms with Gasteiger partial charge < -0.3 is 5.32 Å². The first kappa shape index (κ1) is 14.1. The maximum absolute atomic E-state index is 11.3. The molecule has 2 atom stereocenters. The van der Waals surface area contributed by atoms with Crippen LogP contribution in [0.25, 0.3) is 0 Å². The van der Waals surface area contributed by atoms with E-state index in [0.717, 1.165) is 31.1 Å². The van der Waals surface area contributed by atoms with Gasteiger partial charge in [0.05, 0.1) is 0 Å². The molecule has 0 aliphatic carbocycles. The predicted octanol–water partition coefficient (Wildman–Crippen LogP) is 1.22. The molecule has 1 heterocycles. The van der Waals surface area contributed by atoms with Crippen molar-refractivity contribution in [1.82, 2.24) is 10.2 Å². The van der Waals surface area contributed by atoms with Crippen LogP contribution in [0.15, 0.2) is 0 Å². The van der Waals surface area contributed by atoms with Crippen molar-refractivity contribution in [2.45, 2.75) is 45.7 Å². The van der Waals surface area contributed by atoms with Gasteiger partial charge in [0.1, 0.15) is 0 Å².